The Morgan fingerprint density at radius 3 is 2.35 bits per heavy atom. The highest BCUT2D eigenvalue weighted by Gasteiger charge is 2.18. The van der Waals surface area contributed by atoms with Gasteiger partial charge in [-0.05, 0) is 66.0 Å². The van der Waals surface area contributed by atoms with Crippen molar-refractivity contribution in [1.82, 2.24) is 4.90 Å². The Balaban J connectivity index is 1.77. The van der Waals surface area contributed by atoms with Crippen LogP contribution in [0.15, 0.2) is 48.5 Å². The van der Waals surface area contributed by atoms with Gasteiger partial charge in [-0.1, -0.05) is 12.1 Å². The molecule has 23 heavy (non-hydrogen) atoms. The molecule has 0 unspecified atom stereocenters. The summed E-state index contributed by atoms with van der Waals surface area (Å²) in [6.07, 6.45) is 0. The second kappa shape index (κ2) is 7.31. The van der Waals surface area contributed by atoms with Gasteiger partial charge in [-0.25, -0.2) is 0 Å². The zero-order chi connectivity index (χ0) is 16.2. The Labute approximate surface area is 150 Å². The maximum Gasteiger partial charge on any atom is 0.255 e. The van der Waals surface area contributed by atoms with Crippen molar-refractivity contribution in [1.29, 1.82) is 0 Å². The number of anilines is 2. The molecule has 1 heterocycles. The van der Waals surface area contributed by atoms with Crippen molar-refractivity contribution in [3.63, 3.8) is 0 Å². The third kappa shape index (κ3) is 4.03. The summed E-state index contributed by atoms with van der Waals surface area (Å²) in [5, 5.41) is 3.06. The van der Waals surface area contributed by atoms with Crippen molar-refractivity contribution in [2.24, 2.45) is 0 Å². The molecule has 0 atom stereocenters. The summed E-state index contributed by atoms with van der Waals surface area (Å²) < 4.78 is 1.12. The number of piperazine rings is 1. The molecule has 4 nitrogen and oxygen atoms in total. The maximum atomic E-state index is 12.5. The van der Waals surface area contributed by atoms with E-state index in [4.69, 9.17) is 0 Å². The van der Waals surface area contributed by atoms with Gasteiger partial charge in [0.2, 0.25) is 0 Å². The number of hydrogen-bond acceptors (Lipinski definition) is 3. The van der Waals surface area contributed by atoms with E-state index in [1.54, 1.807) is 0 Å². The van der Waals surface area contributed by atoms with Crippen LogP contribution in [0.25, 0.3) is 0 Å². The molecule has 3 rings (SSSR count). The van der Waals surface area contributed by atoms with Crippen LogP contribution >= 0.6 is 22.6 Å². The number of carbonyl (C=O) groups excluding carboxylic acids is 1. The van der Waals surface area contributed by atoms with Crippen molar-refractivity contribution in [3.05, 3.63) is 57.7 Å². The topological polar surface area (TPSA) is 35.6 Å². The molecule has 1 N–H and O–H groups in total. The number of hydrogen-bond donors (Lipinski definition) is 1. The molecule has 1 saturated heterocycles. The fourth-order valence-electron chi connectivity index (χ4n) is 2.70. The lowest BCUT2D eigenvalue weighted by Crippen LogP contribution is -2.44. The second-order valence-corrected chi connectivity index (χ2v) is 7.01. The Kier molecular flexibility index (Phi) is 5.17. The molecule has 1 aliphatic heterocycles. The van der Waals surface area contributed by atoms with Crippen molar-refractivity contribution in [2.75, 3.05) is 43.4 Å². The lowest BCUT2D eigenvalue weighted by molar-refractivity contribution is 0.102. The first-order valence-corrected chi connectivity index (χ1v) is 8.81. The average molecular weight is 421 g/mol. The first kappa shape index (κ1) is 16.3. The summed E-state index contributed by atoms with van der Waals surface area (Å²) in [6.45, 7) is 4.04. The molecular weight excluding hydrogens is 401 g/mol. The van der Waals surface area contributed by atoms with Crippen LogP contribution in [0.5, 0.6) is 0 Å². The monoisotopic (exact) mass is 421 g/mol. The Morgan fingerprint density at radius 2 is 1.65 bits per heavy atom. The summed E-state index contributed by atoms with van der Waals surface area (Å²) in [7, 11) is 2.14. The number of halogens is 1. The van der Waals surface area contributed by atoms with Gasteiger partial charge in [0.1, 0.15) is 0 Å². The fourth-order valence-corrected chi connectivity index (χ4v) is 3.06. The van der Waals surface area contributed by atoms with Gasteiger partial charge >= 0.3 is 0 Å². The Bertz CT molecular complexity index is 679. The highest BCUT2D eigenvalue weighted by molar-refractivity contribution is 14.1. The highest BCUT2D eigenvalue weighted by Crippen LogP contribution is 2.27. The highest BCUT2D eigenvalue weighted by atomic mass is 127. The zero-order valence-electron chi connectivity index (χ0n) is 13.1. The van der Waals surface area contributed by atoms with Crippen LogP contribution in [0.2, 0.25) is 0 Å². The van der Waals surface area contributed by atoms with Gasteiger partial charge in [0.05, 0.1) is 11.4 Å². The number of nitrogens with one attached hydrogen (secondary N) is 1. The molecule has 0 radical (unpaired) electrons. The smallest absolute Gasteiger partial charge is 0.255 e. The molecule has 1 fully saturated rings. The molecule has 0 saturated carbocycles. The minimum Gasteiger partial charge on any atom is -0.367 e. The number of rotatable bonds is 3. The average Bonchev–Trinajstić information content (AvgIpc) is 2.57. The molecule has 0 aromatic heterocycles. The SMILES string of the molecule is CN1CCN(c2ccccc2NC(=O)c2ccc(I)cc2)CC1. The van der Waals surface area contributed by atoms with Crippen molar-refractivity contribution >= 4 is 39.9 Å². The minimum atomic E-state index is -0.0667. The summed E-state index contributed by atoms with van der Waals surface area (Å²) in [6, 6.07) is 15.6. The molecule has 1 amide bonds. The summed E-state index contributed by atoms with van der Waals surface area (Å²) in [4.78, 5) is 17.1. The van der Waals surface area contributed by atoms with E-state index in [2.05, 4.69) is 50.8 Å². The Morgan fingerprint density at radius 1 is 1.00 bits per heavy atom. The van der Waals surface area contributed by atoms with Gasteiger partial charge in [0, 0.05) is 35.3 Å². The quantitative estimate of drug-likeness (QED) is 0.773. The van der Waals surface area contributed by atoms with E-state index < -0.39 is 0 Å². The van der Waals surface area contributed by atoms with Gasteiger partial charge in [0.25, 0.3) is 5.91 Å². The van der Waals surface area contributed by atoms with E-state index in [0.29, 0.717) is 5.56 Å². The van der Waals surface area contributed by atoms with Gasteiger partial charge in [-0.2, -0.15) is 0 Å². The molecular formula is C18H20IN3O. The lowest BCUT2D eigenvalue weighted by Gasteiger charge is -2.35. The molecule has 0 aliphatic carbocycles. The van der Waals surface area contributed by atoms with E-state index >= 15 is 0 Å². The van der Waals surface area contributed by atoms with Crippen LogP contribution in [0, 0.1) is 3.57 Å². The minimum absolute atomic E-state index is 0.0667. The van der Waals surface area contributed by atoms with Gasteiger partial charge in [0.15, 0.2) is 0 Å². The first-order valence-electron chi connectivity index (χ1n) is 7.73. The van der Waals surface area contributed by atoms with Gasteiger partial charge in [-0.15, -0.1) is 0 Å². The number of carbonyl (C=O) groups is 1. The van der Waals surface area contributed by atoms with E-state index in [0.717, 1.165) is 41.1 Å². The predicted molar refractivity (Wildman–Crippen MR) is 103 cm³/mol. The maximum absolute atomic E-state index is 12.5. The zero-order valence-corrected chi connectivity index (χ0v) is 15.3. The van der Waals surface area contributed by atoms with Crippen LogP contribution in [0.4, 0.5) is 11.4 Å². The van der Waals surface area contributed by atoms with E-state index in [9.17, 15) is 4.79 Å². The summed E-state index contributed by atoms with van der Waals surface area (Å²) >= 11 is 2.24. The lowest BCUT2D eigenvalue weighted by atomic mass is 10.2. The van der Waals surface area contributed by atoms with Crippen LogP contribution < -0.4 is 10.2 Å². The van der Waals surface area contributed by atoms with E-state index in [-0.39, 0.29) is 5.91 Å². The normalized spacial score (nSPS) is 15.5. The first-order chi connectivity index (χ1) is 11.1. The number of amides is 1. The molecule has 120 valence electrons. The van der Waals surface area contributed by atoms with Gasteiger partial charge < -0.3 is 15.1 Å². The second-order valence-electron chi connectivity index (χ2n) is 5.77. The number of benzene rings is 2. The third-order valence-corrected chi connectivity index (χ3v) is 4.82. The summed E-state index contributed by atoms with van der Waals surface area (Å²) in [5.41, 5.74) is 2.65. The van der Waals surface area contributed by atoms with Crippen LogP contribution in [0.3, 0.4) is 0 Å². The molecule has 0 bridgehead atoms. The van der Waals surface area contributed by atoms with E-state index in [1.165, 1.54) is 0 Å². The van der Waals surface area contributed by atoms with Crippen LogP contribution in [0.1, 0.15) is 10.4 Å². The van der Waals surface area contributed by atoms with Crippen LogP contribution in [-0.4, -0.2) is 44.0 Å². The molecule has 0 spiro atoms. The fraction of sp³-hybridized carbons (Fsp3) is 0.278. The molecule has 2 aromatic carbocycles. The van der Waals surface area contributed by atoms with Crippen molar-refractivity contribution < 1.29 is 4.79 Å². The third-order valence-electron chi connectivity index (χ3n) is 4.10. The van der Waals surface area contributed by atoms with Crippen molar-refractivity contribution in [2.45, 2.75) is 0 Å². The summed E-state index contributed by atoms with van der Waals surface area (Å²) in [5.74, 6) is -0.0667. The number of para-hydroxylation sites is 2. The van der Waals surface area contributed by atoms with E-state index in [1.807, 2.05) is 42.5 Å². The van der Waals surface area contributed by atoms with Gasteiger partial charge in [-0.3, -0.25) is 4.79 Å². The molecule has 2 aromatic rings. The standard InChI is InChI=1S/C18H20IN3O/c1-21-10-12-22(13-11-21)17-5-3-2-4-16(17)20-18(23)14-6-8-15(19)9-7-14/h2-9H,10-13H2,1H3,(H,20,23). The largest absolute Gasteiger partial charge is 0.367 e. The molecule has 1 aliphatic rings. The molecule has 5 heteroatoms. The number of nitrogens with zero attached hydrogens (tertiary/aromatic N) is 2. The predicted octanol–water partition coefficient (Wildman–Crippen LogP) is 3.30. The number of likely N-dealkylation sites (N-methyl/N-ethyl adjacent to an activating group) is 1. The van der Waals surface area contributed by atoms with Crippen LogP contribution in [-0.2, 0) is 0 Å². The Hall–Kier alpha value is -1.60. The van der Waals surface area contributed by atoms with Crippen molar-refractivity contribution in [3.8, 4) is 0 Å².